The molecule has 2 aromatic rings. The van der Waals surface area contributed by atoms with Crippen LogP contribution in [0.5, 0.6) is 5.75 Å². The first kappa shape index (κ1) is 13.0. The molecule has 1 aromatic carbocycles. The van der Waals surface area contributed by atoms with Gasteiger partial charge in [-0.1, -0.05) is 6.07 Å². The normalized spacial score (nSPS) is 17.4. The lowest BCUT2D eigenvalue weighted by molar-refractivity contribution is 0.340. The van der Waals surface area contributed by atoms with Crippen LogP contribution in [0.4, 0.5) is 5.69 Å². The van der Waals surface area contributed by atoms with Crippen LogP contribution in [0.3, 0.4) is 0 Å². The number of rotatable bonds is 4. The maximum absolute atomic E-state index is 5.47. The van der Waals surface area contributed by atoms with Crippen LogP contribution in [-0.4, -0.2) is 11.6 Å². The minimum absolute atomic E-state index is 0.317. The third-order valence-electron chi connectivity index (χ3n) is 3.70. The fraction of sp³-hybridized carbons (Fsp3) is 0.353. The van der Waals surface area contributed by atoms with Gasteiger partial charge in [-0.05, 0) is 62.1 Å². The van der Waals surface area contributed by atoms with E-state index in [0.29, 0.717) is 12.6 Å². The standard InChI is InChI=1S/C17H20N2O/c1-2-20-15-10-8-14(9-11-15)19-16-7-3-5-13-6-4-12-18-17(13)16/h4,6,8-12,16,19H,2-3,5,7H2,1H3. The molecule has 3 rings (SSSR count). The highest BCUT2D eigenvalue weighted by Gasteiger charge is 2.20. The van der Waals surface area contributed by atoms with Gasteiger partial charge >= 0.3 is 0 Å². The molecule has 104 valence electrons. The van der Waals surface area contributed by atoms with Crippen LogP contribution in [-0.2, 0) is 6.42 Å². The lowest BCUT2D eigenvalue weighted by Gasteiger charge is -2.26. The largest absolute Gasteiger partial charge is 0.494 e. The number of benzene rings is 1. The second-order valence-electron chi connectivity index (χ2n) is 5.09. The predicted molar refractivity (Wildman–Crippen MR) is 81.1 cm³/mol. The van der Waals surface area contributed by atoms with Crippen molar-refractivity contribution in [3.63, 3.8) is 0 Å². The van der Waals surface area contributed by atoms with Crippen molar-refractivity contribution in [2.75, 3.05) is 11.9 Å². The first-order chi connectivity index (χ1) is 9.86. The van der Waals surface area contributed by atoms with Crippen molar-refractivity contribution in [3.05, 3.63) is 53.9 Å². The zero-order valence-electron chi connectivity index (χ0n) is 11.8. The van der Waals surface area contributed by atoms with E-state index >= 15 is 0 Å². The second kappa shape index (κ2) is 5.95. The summed E-state index contributed by atoms with van der Waals surface area (Å²) >= 11 is 0. The van der Waals surface area contributed by atoms with Gasteiger partial charge in [-0.2, -0.15) is 0 Å². The Morgan fingerprint density at radius 1 is 1.25 bits per heavy atom. The Balaban J connectivity index is 1.75. The van der Waals surface area contributed by atoms with Crippen molar-refractivity contribution in [1.82, 2.24) is 4.98 Å². The van der Waals surface area contributed by atoms with E-state index in [1.165, 1.54) is 17.7 Å². The Hall–Kier alpha value is -2.03. The topological polar surface area (TPSA) is 34.1 Å². The van der Waals surface area contributed by atoms with Gasteiger partial charge in [-0.3, -0.25) is 4.98 Å². The van der Waals surface area contributed by atoms with Crippen molar-refractivity contribution in [2.24, 2.45) is 0 Å². The fourth-order valence-electron chi connectivity index (χ4n) is 2.77. The minimum Gasteiger partial charge on any atom is -0.494 e. The van der Waals surface area contributed by atoms with Gasteiger partial charge in [0, 0.05) is 11.9 Å². The summed E-state index contributed by atoms with van der Waals surface area (Å²) in [7, 11) is 0. The number of nitrogens with zero attached hydrogens (tertiary/aromatic N) is 1. The van der Waals surface area contributed by atoms with E-state index in [-0.39, 0.29) is 0 Å². The number of hydrogen-bond donors (Lipinski definition) is 1. The van der Waals surface area contributed by atoms with Gasteiger partial charge in [0.05, 0.1) is 18.3 Å². The molecule has 3 nitrogen and oxygen atoms in total. The number of pyridine rings is 1. The van der Waals surface area contributed by atoms with Crippen LogP contribution < -0.4 is 10.1 Å². The molecular weight excluding hydrogens is 248 g/mol. The van der Waals surface area contributed by atoms with Crippen LogP contribution in [0, 0.1) is 0 Å². The van der Waals surface area contributed by atoms with Crippen LogP contribution >= 0.6 is 0 Å². The van der Waals surface area contributed by atoms with Crippen molar-refractivity contribution < 1.29 is 4.74 Å². The van der Waals surface area contributed by atoms with Crippen molar-refractivity contribution in [2.45, 2.75) is 32.2 Å². The zero-order chi connectivity index (χ0) is 13.8. The molecule has 1 aliphatic rings. The maximum atomic E-state index is 5.47. The van der Waals surface area contributed by atoms with E-state index in [9.17, 15) is 0 Å². The lowest BCUT2D eigenvalue weighted by Crippen LogP contribution is -2.18. The van der Waals surface area contributed by atoms with Crippen LogP contribution in [0.1, 0.15) is 37.1 Å². The van der Waals surface area contributed by atoms with Crippen LogP contribution in [0.2, 0.25) is 0 Å². The van der Waals surface area contributed by atoms with E-state index in [1.54, 1.807) is 0 Å². The van der Waals surface area contributed by atoms with E-state index < -0.39 is 0 Å². The molecule has 1 aliphatic carbocycles. The summed E-state index contributed by atoms with van der Waals surface area (Å²) in [5.74, 6) is 0.917. The number of anilines is 1. The quantitative estimate of drug-likeness (QED) is 0.911. The lowest BCUT2D eigenvalue weighted by atomic mass is 9.92. The molecule has 0 aliphatic heterocycles. The highest BCUT2D eigenvalue weighted by Crippen LogP contribution is 2.31. The van der Waals surface area contributed by atoms with Crippen molar-refractivity contribution >= 4 is 5.69 Å². The van der Waals surface area contributed by atoms with E-state index in [1.807, 2.05) is 31.3 Å². The molecule has 1 heterocycles. The summed E-state index contributed by atoms with van der Waals surface area (Å²) in [4.78, 5) is 4.56. The molecular formula is C17H20N2O. The highest BCUT2D eigenvalue weighted by atomic mass is 16.5. The number of aromatic nitrogens is 1. The zero-order valence-corrected chi connectivity index (χ0v) is 11.8. The molecule has 0 saturated heterocycles. The Labute approximate surface area is 120 Å². The number of ether oxygens (including phenoxy) is 1. The molecule has 1 unspecified atom stereocenters. The average Bonchev–Trinajstić information content (AvgIpc) is 2.50. The molecule has 0 radical (unpaired) electrons. The summed E-state index contributed by atoms with van der Waals surface area (Å²) in [5, 5.41) is 3.59. The predicted octanol–water partition coefficient (Wildman–Crippen LogP) is 3.97. The molecule has 0 spiro atoms. The molecule has 20 heavy (non-hydrogen) atoms. The van der Waals surface area contributed by atoms with Crippen molar-refractivity contribution in [3.8, 4) is 5.75 Å². The summed E-state index contributed by atoms with van der Waals surface area (Å²) < 4.78 is 5.47. The Bertz CT molecular complexity index is 565. The molecule has 0 fully saturated rings. The van der Waals surface area contributed by atoms with Crippen LogP contribution in [0.25, 0.3) is 0 Å². The Kier molecular flexibility index (Phi) is 3.86. The minimum atomic E-state index is 0.317. The third kappa shape index (κ3) is 2.77. The third-order valence-corrected chi connectivity index (χ3v) is 3.70. The number of nitrogens with one attached hydrogen (secondary N) is 1. The van der Waals surface area contributed by atoms with E-state index in [2.05, 4.69) is 28.5 Å². The maximum Gasteiger partial charge on any atom is 0.119 e. The van der Waals surface area contributed by atoms with Gasteiger partial charge in [0.1, 0.15) is 5.75 Å². The molecule has 0 amide bonds. The number of aryl methyl sites for hydroxylation is 1. The monoisotopic (exact) mass is 268 g/mol. The summed E-state index contributed by atoms with van der Waals surface area (Å²) in [5.41, 5.74) is 3.70. The van der Waals surface area contributed by atoms with E-state index in [0.717, 1.165) is 24.3 Å². The van der Waals surface area contributed by atoms with E-state index in [4.69, 9.17) is 4.74 Å². The fourth-order valence-corrected chi connectivity index (χ4v) is 2.77. The van der Waals surface area contributed by atoms with Crippen LogP contribution in [0.15, 0.2) is 42.6 Å². The average molecular weight is 268 g/mol. The molecule has 1 N–H and O–H groups in total. The molecule has 1 atom stereocenters. The summed E-state index contributed by atoms with van der Waals surface area (Å²) in [6, 6.07) is 12.7. The van der Waals surface area contributed by atoms with Gasteiger partial charge < -0.3 is 10.1 Å². The molecule has 0 bridgehead atoms. The van der Waals surface area contributed by atoms with Crippen molar-refractivity contribution in [1.29, 1.82) is 0 Å². The number of fused-ring (bicyclic) bond motifs is 1. The van der Waals surface area contributed by atoms with Gasteiger partial charge in [0.2, 0.25) is 0 Å². The van der Waals surface area contributed by atoms with Gasteiger partial charge in [-0.15, -0.1) is 0 Å². The molecule has 1 aromatic heterocycles. The second-order valence-corrected chi connectivity index (χ2v) is 5.09. The SMILES string of the molecule is CCOc1ccc(NC2CCCc3cccnc32)cc1. The first-order valence-electron chi connectivity index (χ1n) is 7.30. The number of hydrogen-bond acceptors (Lipinski definition) is 3. The Morgan fingerprint density at radius 2 is 2.10 bits per heavy atom. The summed E-state index contributed by atoms with van der Waals surface area (Å²) in [6.45, 7) is 2.70. The van der Waals surface area contributed by atoms with Gasteiger partial charge in [0.15, 0.2) is 0 Å². The molecule has 0 saturated carbocycles. The first-order valence-corrected chi connectivity index (χ1v) is 7.30. The molecule has 3 heteroatoms. The van der Waals surface area contributed by atoms with Gasteiger partial charge in [0.25, 0.3) is 0 Å². The summed E-state index contributed by atoms with van der Waals surface area (Å²) in [6.07, 6.45) is 5.38. The smallest absolute Gasteiger partial charge is 0.119 e. The highest BCUT2D eigenvalue weighted by molar-refractivity contribution is 5.48. The van der Waals surface area contributed by atoms with Gasteiger partial charge in [-0.25, -0.2) is 0 Å². The Morgan fingerprint density at radius 3 is 2.90 bits per heavy atom.